The maximum Gasteiger partial charge on any atom is 0.224 e. The predicted octanol–water partition coefficient (Wildman–Crippen LogP) is 2.47. The molecule has 22 heavy (non-hydrogen) atoms. The van der Waals surface area contributed by atoms with Crippen molar-refractivity contribution in [1.29, 1.82) is 0 Å². The third kappa shape index (κ3) is 2.95. The Labute approximate surface area is 125 Å². The minimum absolute atomic E-state index is 0.134. The smallest absolute Gasteiger partial charge is 0.224 e. The average molecular weight is 301 g/mol. The lowest BCUT2D eigenvalue weighted by molar-refractivity contribution is -0.120. The Balaban J connectivity index is 1.65. The molecule has 0 atom stereocenters. The Morgan fingerprint density at radius 1 is 1.18 bits per heavy atom. The van der Waals surface area contributed by atoms with Crippen LogP contribution in [0.3, 0.4) is 0 Å². The van der Waals surface area contributed by atoms with Crippen LogP contribution in [0.5, 0.6) is 0 Å². The molecule has 0 aliphatic heterocycles. The number of halogens is 2. The number of carbonyl (C=O) groups excluding carboxylic acids is 1. The van der Waals surface area contributed by atoms with Gasteiger partial charge in [0.2, 0.25) is 5.91 Å². The monoisotopic (exact) mass is 301 g/mol. The molecule has 2 aromatic heterocycles. The van der Waals surface area contributed by atoms with Crippen molar-refractivity contribution in [2.45, 2.75) is 13.0 Å². The first-order valence-corrected chi connectivity index (χ1v) is 6.75. The second-order valence-corrected chi connectivity index (χ2v) is 4.89. The summed E-state index contributed by atoms with van der Waals surface area (Å²) in [6, 6.07) is 8.83. The highest BCUT2D eigenvalue weighted by Crippen LogP contribution is 2.11. The van der Waals surface area contributed by atoms with Crippen molar-refractivity contribution >= 4 is 11.4 Å². The maximum absolute atomic E-state index is 13.5. The van der Waals surface area contributed by atoms with Crippen molar-refractivity contribution in [3.8, 4) is 0 Å². The molecule has 0 unspecified atom stereocenters. The van der Waals surface area contributed by atoms with E-state index in [-0.39, 0.29) is 17.9 Å². The van der Waals surface area contributed by atoms with Gasteiger partial charge in [0.05, 0.1) is 18.1 Å². The van der Waals surface area contributed by atoms with Crippen molar-refractivity contribution in [1.82, 2.24) is 14.9 Å². The molecule has 112 valence electrons. The number of hydrogen-bond donors (Lipinski definition) is 1. The number of fused-ring (bicyclic) bond motifs is 1. The Kier molecular flexibility index (Phi) is 3.82. The van der Waals surface area contributed by atoms with Gasteiger partial charge in [-0.1, -0.05) is 12.1 Å². The summed E-state index contributed by atoms with van der Waals surface area (Å²) in [6.07, 6.45) is 3.36. The molecule has 0 fully saturated rings. The molecule has 4 nitrogen and oxygen atoms in total. The van der Waals surface area contributed by atoms with E-state index in [2.05, 4.69) is 10.4 Å². The fourth-order valence-corrected chi connectivity index (χ4v) is 2.22. The van der Waals surface area contributed by atoms with E-state index >= 15 is 0 Å². The van der Waals surface area contributed by atoms with Crippen LogP contribution in [-0.4, -0.2) is 15.5 Å². The maximum atomic E-state index is 13.5. The number of nitrogens with zero attached hydrogens (tertiary/aromatic N) is 2. The van der Waals surface area contributed by atoms with Gasteiger partial charge in [-0.25, -0.2) is 13.3 Å². The Morgan fingerprint density at radius 3 is 2.86 bits per heavy atom. The Morgan fingerprint density at radius 2 is 2.05 bits per heavy atom. The van der Waals surface area contributed by atoms with Crippen molar-refractivity contribution < 1.29 is 13.6 Å². The molecular formula is C16H13F2N3O. The van der Waals surface area contributed by atoms with Gasteiger partial charge in [0.25, 0.3) is 0 Å². The van der Waals surface area contributed by atoms with Gasteiger partial charge in [-0.2, -0.15) is 5.10 Å². The van der Waals surface area contributed by atoms with Crippen LogP contribution in [0.25, 0.3) is 5.52 Å². The second kappa shape index (κ2) is 5.93. The lowest BCUT2D eigenvalue weighted by Gasteiger charge is -2.05. The molecular weight excluding hydrogens is 288 g/mol. The van der Waals surface area contributed by atoms with Crippen LogP contribution in [0.2, 0.25) is 0 Å². The zero-order chi connectivity index (χ0) is 15.5. The number of benzene rings is 1. The van der Waals surface area contributed by atoms with E-state index in [4.69, 9.17) is 0 Å². The third-order valence-corrected chi connectivity index (χ3v) is 3.35. The quantitative estimate of drug-likeness (QED) is 0.804. The lowest BCUT2D eigenvalue weighted by Crippen LogP contribution is -2.24. The van der Waals surface area contributed by atoms with E-state index in [0.717, 1.165) is 23.2 Å². The first-order valence-electron chi connectivity index (χ1n) is 6.75. The van der Waals surface area contributed by atoms with E-state index in [1.807, 2.05) is 24.4 Å². The van der Waals surface area contributed by atoms with Gasteiger partial charge in [0.15, 0.2) is 0 Å². The molecule has 2 heterocycles. The van der Waals surface area contributed by atoms with E-state index < -0.39 is 11.6 Å². The van der Waals surface area contributed by atoms with E-state index in [1.54, 1.807) is 10.7 Å². The summed E-state index contributed by atoms with van der Waals surface area (Å²) in [6.45, 7) is 0.301. The van der Waals surface area contributed by atoms with E-state index in [0.29, 0.717) is 6.54 Å². The number of hydrogen-bond acceptors (Lipinski definition) is 2. The second-order valence-electron chi connectivity index (χ2n) is 4.89. The highest BCUT2D eigenvalue weighted by molar-refractivity contribution is 5.78. The van der Waals surface area contributed by atoms with E-state index in [1.165, 1.54) is 6.07 Å². The summed E-state index contributed by atoms with van der Waals surface area (Å²) >= 11 is 0. The van der Waals surface area contributed by atoms with Gasteiger partial charge in [-0.3, -0.25) is 4.79 Å². The molecule has 3 aromatic rings. The summed E-state index contributed by atoms with van der Waals surface area (Å²) < 4.78 is 28.0. The van der Waals surface area contributed by atoms with Crippen LogP contribution < -0.4 is 5.32 Å². The van der Waals surface area contributed by atoms with Crippen molar-refractivity contribution in [2.24, 2.45) is 0 Å². The van der Waals surface area contributed by atoms with Crippen LogP contribution in [0.1, 0.15) is 11.1 Å². The minimum atomic E-state index is -0.717. The summed E-state index contributed by atoms with van der Waals surface area (Å²) in [5, 5.41) is 6.88. The van der Waals surface area contributed by atoms with Crippen LogP contribution in [0, 0.1) is 11.6 Å². The predicted molar refractivity (Wildman–Crippen MR) is 77.1 cm³/mol. The fourth-order valence-electron chi connectivity index (χ4n) is 2.22. The van der Waals surface area contributed by atoms with Crippen LogP contribution in [0.4, 0.5) is 8.78 Å². The number of pyridine rings is 1. The molecule has 3 rings (SSSR count). The standard InChI is InChI=1S/C16H13F2N3O/c17-13-5-4-11(14(18)8-13)7-16(22)19-9-12-10-20-21-6-2-1-3-15(12)21/h1-6,8,10H,7,9H2,(H,19,22). The highest BCUT2D eigenvalue weighted by Gasteiger charge is 2.10. The molecule has 1 N–H and O–H groups in total. The third-order valence-electron chi connectivity index (χ3n) is 3.35. The summed E-state index contributed by atoms with van der Waals surface area (Å²) in [7, 11) is 0. The largest absolute Gasteiger partial charge is 0.352 e. The normalized spacial score (nSPS) is 10.8. The Hall–Kier alpha value is -2.76. The average Bonchev–Trinajstić information content (AvgIpc) is 2.91. The minimum Gasteiger partial charge on any atom is -0.352 e. The van der Waals surface area contributed by atoms with Gasteiger partial charge in [0, 0.05) is 24.4 Å². The molecule has 1 amide bonds. The van der Waals surface area contributed by atoms with Gasteiger partial charge in [0.1, 0.15) is 11.6 Å². The summed E-state index contributed by atoms with van der Waals surface area (Å²) in [4.78, 5) is 11.9. The first-order chi connectivity index (χ1) is 10.6. The van der Waals surface area contributed by atoms with Crippen LogP contribution in [0.15, 0.2) is 48.8 Å². The molecule has 0 aliphatic carbocycles. The molecule has 0 saturated heterocycles. The van der Waals surface area contributed by atoms with Gasteiger partial charge < -0.3 is 5.32 Å². The first kappa shape index (κ1) is 14.2. The van der Waals surface area contributed by atoms with Crippen molar-refractivity contribution in [3.63, 3.8) is 0 Å². The number of carbonyl (C=O) groups is 1. The number of rotatable bonds is 4. The zero-order valence-electron chi connectivity index (χ0n) is 11.6. The SMILES string of the molecule is O=C(Cc1ccc(F)cc1F)NCc1cnn2ccccc12. The number of amides is 1. The molecule has 6 heteroatoms. The lowest BCUT2D eigenvalue weighted by atomic mass is 10.1. The summed E-state index contributed by atoms with van der Waals surface area (Å²) in [5.74, 6) is -1.71. The molecule has 0 bridgehead atoms. The van der Waals surface area contributed by atoms with Crippen LogP contribution >= 0.6 is 0 Å². The van der Waals surface area contributed by atoms with Gasteiger partial charge >= 0.3 is 0 Å². The van der Waals surface area contributed by atoms with Crippen LogP contribution in [-0.2, 0) is 17.8 Å². The Bertz CT molecular complexity index is 829. The van der Waals surface area contributed by atoms with E-state index in [9.17, 15) is 13.6 Å². The fraction of sp³-hybridized carbons (Fsp3) is 0.125. The zero-order valence-corrected chi connectivity index (χ0v) is 11.6. The molecule has 0 saturated carbocycles. The molecule has 0 spiro atoms. The van der Waals surface area contributed by atoms with Gasteiger partial charge in [-0.05, 0) is 23.8 Å². The molecule has 1 aromatic carbocycles. The van der Waals surface area contributed by atoms with Gasteiger partial charge in [-0.15, -0.1) is 0 Å². The molecule has 0 radical (unpaired) electrons. The highest BCUT2D eigenvalue weighted by atomic mass is 19.1. The van der Waals surface area contributed by atoms with Crippen molar-refractivity contribution in [3.05, 3.63) is 71.6 Å². The van der Waals surface area contributed by atoms with Crippen molar-refractivity contribution in [2.75, 3.05) is 0 Å². The molecule has 0 aliphatic rings. The number of nitrogens with one attached hydrogen (secondary N) is 1. The summed E-state index contributed by atoms with van der Waals surface area (Å²) in [5.41, 5.74) is 1.93. The number of aromatic nitrogens is 2. The topological polar surface area (TPSA) is 46.4 Å².